The van der Waals surface area contributed by atoms with Crippen LogP contribution in [-0.2, 0) is 33.3 Å². The first-order chi connectivity index (χ1) is 13.4. The molecule has 0 spiro atoms. The van der Waals surface area contributed by atoms with Gasteiger partial charge >= 0.3 is 11.9 Å². The van der Waals surface area contributed by atoms with E-state index in [4.69, 9.17) is 23.7 Å². The Kier molecular flexibility index (Phi) is 7.91. The van der Waals surface area contributed by atoms with Gasteiger partial charge in [-0.2, -0.15) is 0 Å². The summed E-state index contributed by atoms with van der Waals surface area (Å²) in [5.74, 6) is -1.43. The van der Waals surface area contributed by atoms with E-state index in [0.29, 0.717) is 5.56 Å². The lowest BCUT2D eigenvalue weighted by molar-refractivity contribution is -0.271. The monoisotopic (exact) mass is 395 g/mol. The molecule has 0 unspecified atom stereocenters. The van der Waals surface area contributed by atoms with Crippen LogP contribution in [0.1, 0.15) is 24.2 Å². The van der Waals surface area contributed by atoms with Crippen LogP contribution in [0.3, 0.4) is 0 Å². The number of ether oxygens (including phenoxy) is 5. The molecule has 0 saturated carbocycles. The van der Waals surface area contributed by atoms with Gasteiger partial charge in [-0.05, 0) is 12.1 Å². The van der Waals surface area contributed by atoms with E-state index in [2.05, 4.69) is 5.32 Å². The Hall–Kier alpha value is -2.49. The predicted molar refractivity (Wildman–Crippen MR) is 96.4 cm³/mol. The Morgan fingerprint density at radius 1 is 1.00 bits per heavy atom. The summed E-state index contributed by atoms with van der Waals surface area (Å²) in [5, 5.41) is 2.81. The molecule has 1 amide bonds. The molecule has 1 N–H and O–H groups in total. The van der Waals surface area contributed by atoms with Crippen molar-refractivity contribution in [3.63, 3.8) is 0 Å². The van der Waals surface area contributed by atoms with Gasteiger partial charge in [-0.3, -0.25) is 14.4 Å². The molecular formula is C19H25NO8. The lowest BCUT2D eigenvalue weighted by Gasteiger charge is -2.44. The molecule has 28 heavy (non-hydrogen) atoms. The first-order valence-electron chi connectivity index (χ1n) is 8.75. The molecule has 1 aliphatic heterocycles. The molecule has 1 heterocycles. The number of hydrogen-bond donors (Lipinski definition) is 1. The SMILES string of the molecule is CO[C@@H]1O[C@@H](COC(C)=O)[C@H](OC(C)=O)[C@H](OC)[C@@H]1NC(=O)c1ccccc1. The van der Waals surface area contributed by atoms with E-state index >= 15 is 0 Å². The highest BCUT2D eigenvalue weighted by molar-refractivity contribution is 5.94. The largest absolute Gasteiger partial charge is 0.463 e. The fraction of sp³-hybridized carbons (Fsp3) is 0.526. The van der Waals surface area contributed by atoms with Crippen LogP contribution < -0.4 is 5.32 Å². The van der Waals surface area contributed by atoms with E-state index in [1.54, 1.807) is 30.3 Å². The Morgan fingerprint density at radius 3 is 2.21 bits per heavy atom. The third kappa shape index (κ3) is 5.51. The van der Waals surface area contributed by atoms with Crippen molar-refractivity contribution < 1.29 is 38.1 Å². The van der Waals surface area contributed by atoms with Gasteiger partial charge in [-0.25, -0.2) is 0 Å². The van der Waals surface area contributed by atoms with Gasteiger partial charge in [0.1, 0.15) is 24.9 Å². The van der Waals surface area contributed by atoms with Crippen LogP contribution >= 0.6 is 0 Å². The van der Waals surface area contributed by atoms with E-state index in [1.165, 1.54) is 28.1 Å². The molecule has 5 atom stereocenters. The lowest BCUT2D eigenvalue weighted by atomic mass is 9.96. The van der Waals surface area contributed by atoms with Crippen molar-refractivity contribution in [3.8, 4) is 0 Å². The van der Waals surface area contributed by atoms with Crippen LogP contribution in [-0.4, -0.2) is 69.3 Å². The zero-order valence-electron chi connectivity index (χ0n) is 16.2. The van der Waals surface area contributed by atoms with Gasteiger partial charge in [0.05, 0.1) is 0 Å². The minimum absolute atomic E-state index is 0.160. The van der Waals surface area contributed by atoms with Gasteiger partial charge in [0, 0.05) is 33.6 Å². The highest BCUT2D eigenvalue weighted by Gasteiger charge is 2.49. The zero-order valence-corrected chi connectivity index (χ0v) is 16.2. The molecule has 0 aliphatic carbocycles. The molecule has 0 aromatic heterocycles. The Morgan fingerprint density at radius 2 is 1.68 bits per heavy atom. The van der Waals surface area contributed by atoms with Crippen LogP contribution in [0.4, 0.5) is 0 Å². The van der Waals surface area contributed by atoms with Crippen LogP contribution in [0.25, 0.3) is 0 Å². The van der Waals surface area contributed by atoms with Crippen molar-refractivity contribution in [1.29, 1.82) is 0 Å². The van der Waals surface area contributed by atoms with E-state index in [-0.39, 0.29) is 12.5 Å². The van der Waals surface area contributed by atoms with Crippen molar-refractivity contribution in [2.45, 2.75) is 44.5 Å². The minimum Gasteiger partial charge on any atom is -0.463 e. The fourth-order valence-corrected chi connectivity index (χ4v) is 3.03. The minimum atomic E-state index is -0.922. The van der Waals surface area contributed by atoms with Gasteiger partial charge < -0.3 is 29.0 Å². The smallest absolute Gasteiger partial charge is 0.303 e. The molecule has 1 aromatic rings. The molecule has 0 bridgehead atoms. The second-order valence-corrected chi connectivity index (χ2v) is 6.22. The number of carbonyl (C=O) groups is 3. The second-order valence-electron chi connectivity index (χ2n) is 6.22. The summed E-state index contributed by atoms with van der Waals surface area (Å²) in [6.45, 7) is 2.34. The molecule has 2 rings (SSSR count). The predicted octanol–water partition coefficient (Wildman–Crippen LogP) is 0.666. The van der Waals surface area contributed by atoms with Crippen molar-refractivity contribution in [2.75, 3.05) is 20.8 Å². The Labute approximate surface area is 163 Å². The lowest BCUT2D eigenvalue weighted by Crippen LogP contribution is -2.66. The normalized spacial score (nSPS) is 26.9. The summed E-state index contributed by atoms with van der Waals surface area (Å²) >= 11 is 0. The van der Waals surface area contributed by atoms with Crippen LogP contribution in [0, 0.1) is 0 Å². The summed E-state index contributed by atoms with van der Waals surface area (Å²) in [6, 6.07) is 7.83. The number of esters is 2. The van der Waals surface area contributed by atoms with Crippen LogP contribution in [0.5, 0.6) is 0 Å². The second kappa shape index (κ2) is 10.2. The topological polar surface area (TPSA) is 109 Å². The fourth-order valence-electron chi connectivity index (χ4n) is 3.03. The highest BCUT2D eigenvalue weighted by atomic mass is 16.7. The first-order valence-corrected chi connectivity index (χ1v) is 8.75. The summed E-state index contributed by atoms with van der Waals surface area (Å²) in [4.78, 5) is 35.4. The number of nitrogens with one attached hydrogen (secondary N) is 1. The molecule has 1 aromatic carbocycles. The van der Waals surface area contributed by atoms with E-state index in [9.17, 15) is 14.4 Å². The van der Waals surface area contributed by atoms with Crippen LogP contribution in [0.2, 0.25) is 0 Å². The standard InChI is InChI=1S/C19H25NO8/c1-11(21)26-10-14-16(27-12(2)22)17(24-3)15(19(25-4)28-14)20-18(23)13-8-6-5-7-9-13/h5-9,14-17,19H,10H2,1-4H3,(H,20,23)/t14-,15-,16-,17+,19+/m0/s1. The molecule has 1 fully saturated rings. The zero-order chi connectivity index (χ0) is 20.7. The summed E-state index contributed by atoms with van der Waals surface area (Å²) in [6.07, 6.45) is -3.46. The average molecular weight is 395 g/mol. The molecule has 9 heteroatoms. The maximum absolute atomic E-state index is 12.6. The van der Waals surface area contributed by atoms with E-state index in [1.807, 2.05) is 0 Å². The quantitative estimate of drug-likeness (QED) is 0.671. The molecule has 154 valence electrons. The Bertz CT molecular complexity index is 680. The van der Waals surface area contributed by atoms with Crippen LogP contribution in [0.15, 0.2) is 30.3 Å². The van der Waals surface area contributed by atoms with Gasteiger partial charge in [0.2, 0.25) is 0 Å². The molecule has 9 nitrogen and oxygen atoms in total. The Balaban J connectivity index is 2.26. The molecule has 1 saturated heterocycles. The number of rotatable bonds is 7. The number of amides is 1. The summed E-state index contributed by atoms with van der Waals surface area (Å²) in [7, 11) is 2.83. The average Bonchev–Trinajstić information content (AvgIpc) is 2.67. The molecular weight excluding hydrogens is 370 g/mol. The number of carbonyl (C=O) groups excluding carboxylic acids is 3. The van der Waals surface area contributed by atoms with Gasteiger partial charge in [-0.1, -0.05) is 18.2 Å². The number of methoxy groups -OCH3 is 2. The first kappa shape index (κ1) is 21.8. The molecule has 1 aliphatic rings. The van der Waals surface area contributed by atoms with Gasteiger partial charge in [0.25, 0.3) is 5.91 Å². The van der Waals surface area contributed by atoms with E-state index < -0.39 is 42.6 Å². The summed E-state index contributed by atoms with van der Waals surface area (Å²) < 4.78 is 27.1. The highest BCUT2D eigenvalue weighted by Crippen LogP contribution is 2.27. The number of benzene rings is 1. The van der Waals surface area contributed by atoms with Crippen molar-refractivity contribution in [1.82, 2.24) is 5.32 Å². The maximum atomic E-state index is 12.6. The van der Waals surface area contributed by atoms with Crippen molar-refractivity contribution in [2.24, 2.45) is 0 Å². The summed E-state index contributed by atoms with van der Waals surface area (Å²) in [5.41, 5.74) is 0.443. The third-order valence-corrected chi connectivity index (χ3v) is 4.24. The van der Waals surface area contributed by atoms with Crippen molar-refractivity contribution in [3.05, 3.63) is 35.9 Å². The maximum Gasteiger partial charge on any atom is 0.303 e. The van der Waals surface area contributed by atoms with Crippen molar-refractivity contribution >= 4 is 17.8 Å². The third-order valence-electron chi connectivity index (χ3n) is 4.24. The molecule has 0 radical (unpaired) electrons. The van der Waals surface area contributed by atoms with E-state index in [0.717, 1.165) is 0 Å². The number of hydrogen-bond acceptors (Lipinski definition) is 8. The van der Waals surface area contributed by atoms with Gasteiger partial charge in [-0.15, -0.1) is 0 Å². The van der Waals surface area contributed by atoms with Gasteiger partial charge in [0.15, 0.2) is 12.4 Å².